The number of carbonyl (C=O) groups excluding carboxylic acids is 1. The summed E-state index contributed by atoms with van der Waals surface area (Å²) in [6, 6.07) is 4.57. The number of aryl methyl sites for hydroxylation is 2. The molecule has 130 valence electrons. The Balaban J connectivity index is 2.30. The van der Waals surface area contributed by atoms with Gasteiger partial charge in [0.15, 0.2) is 10.7 Å². The van der Waals surface area contributed by atoms with Gasteiger partial charge < -0.3 is 9.84 Å². The number of nitrogens with zero attached hydrogens (tertiary/aromatic N) is 1. The lowest BCUT2D eigenvalue weighted by atomic mass is 10.2. The molecule has 0 aliphatic heterocycles. The predicted octanol–water partition coefficient (Wildman–Crippen LogP) is 3.48. The van der Waals surface area contributed by atoms with Crippen molar-refractivity contribution in [2.24, 2.45) is 0 Å². The molecule has 0 aliphatic rings. The van der Waals surface area contributed by atoms with E-state index in [0.29, 0.717) is 18.5 Å². The minimum Gasteiger partial charge on any atom is -0.360 e. The van der Waals surface area contributed by atoms with E-state index in [9.17, 15) is 13.2 Å². The summed E-state index contributed by atoms with van der Waals surface area (Å²) in [6.45, 7) is 4.94. The van der Waals surface area contributed by atoms with Crippen LogP contribution in [0.4, 0.5) is 11.4 Å². The summed E-state index contributed by atoms with van der Waals surface area (Å²) in [7, 11) is -3.91. The number of halogens is 1. The zero-order valence-corrected chi connectivity index (χ0v) is 15.1. The van der Waals surface area contributed by atoms with Crippen molar-refractivity contribution in [2.45, 2.75) is 38.5 Å². The van der Waals surface area contributed by atoms with Gasteiger partial charge in [0.2, 0.25) is 5.91 Å². The van der Waals surface area contributed by atoms with Crippen molar-refractivity contribution in [3.05, 3.63) is 34.7 Å². The predicted molar refractivity (Wildman–Crippen MR) is 91.8 cm³/mol. The summed E-state index contributed by atoms with van der Waals surface area (Å²) in [5, 5.41) is 6.54. The van der Waals surface area contributed by atoms with Crippen LogP contribution < -0.4 is 10.0 Å². The van der Waals surface area contributed by atoms with Crippen LogP contribution in [0.3, 0.4) is 0 Å². The van der Waals surface area contributed by atoms with Crippen LogP contribution in [0.15, 0.2) is 27.6 Å². The molecule has 0 atom stereocenters. The second-order valence-corrected chi connectivity index (χ2v) is 7.28. The third kappa shape index (κ3) is 4.07. The molecule has 0 unspecified atom stereocenters. The van der Waals surface area contributed by atoms with E-state index >= 15 is 0 Å². The maximum absolute atomic E-state index is 12.5. The summed E-state index contributed by atoms with van der Waals surface area (Å²) in [5.74, 6) is 0.0304. The van der Waals surface area contributed by atoms with E-state index in [2.05, 4.69) is 15.2 Å². The number of aromatic nitrogens is 1. The molecule has 24 heavy (non-hydrogen) atoms. The van der Waals surface area contributed by atoms with Crippen molar-refractivity contribution < 1.29 is 17.7 Å². The lowest BCUT2D eigenvalue weighted by Crippen LogP contribution is -2.15. The number of carbonyl (C=O) groups is 1. The molecule has 0 spiro atoms. The largest absolute Gasteiger partial charge is 0.360 e. The zero-order chi connectivity index (χ0) is 17.9. The van der Waals surface area contributed by atoms with Crippen LogP contribution in [0, 0.1) is 13.8 Å². The fourth-order valence-corrected chi connectivity index (χ4v) is 3.81. The van der Waals surface area contributed by atoms with Crippen molar-refractivity contribution >= 4 is 38.9 Å². The number of sulfonamides is 1. The Morgan fingerprint density at radius 3 is 2.62 bits per heavy atom. The van der Waals surface area contributed by atoms with Gasteiger partial charge >= 0.3 is 0 Å². The van der Waals surface area contributed by atoms with Crippen LogP contribution in [0.25, 0.3) is 0 Å². The van der Waals surface area contributed by atoms with E-state index in [-0.39, 0.29) is 33.0 Å². The quantitative estimate of drug-likeness (QED) is 0.809. The van der Waals surface area contributed by atoms with Crippen molar-refractivity contribution in [1.29, 1.82) is 0 Å². The van der Waals surface area contributed by atoms with Crippen molar-refractivity contribution in [3.8, 4) is 0 Å². The fourth-order valence-electron chi connectivity index (χ4n) is 2.19. The topological polar surface area (TPSA) is 101 Å². The van der Waals surface area contributed by atoms with Gasteiger partial charge in [0.1, 0.15) is 5.69 Å². The van der Waals surface area contributed by atoms with Gasteiger partial charge in [0.05, 0.1) is 10.7 Å². The average Bonchev–Trinajstić information content (AvgIpc) is 2.82. The molecule has 0 aliphatic carbocycles. The van der Waals surface area contributed by atoms with Gasteiger partial charge in [0.25, 0.3) is 10.0 Å². The molecule has 0 bridgehead atoms. The highest BCUT2D eigenvalue weighted by Gasteiger charge is 2.25. The standard InChI is InChI=1S/C15H18ClN3O4S/c1-4-5-14(20)17-11-6-7-12(16)13(8-11)19-24(21,22)15-9(2)18-23-10(15)3/h6-8,19H,4-5H2,1-3H3,(H,17,20). The van der Waals surface area contributed by atoms with Gasteiger partial charge in [-0.15, -0.1) is 0 Å². The molecule has 7 nitrogen and oxygen atoms in total. The molecular formula is C15H18ClN3O4S. The van der Waals surface area contributed by atoms with Gasteiger partial charge in [-0.25, -0.2) is 8.42 Å². The van der Waals surface area contributed by atoms with Gasteiger partial charge in [-0.05, 0) is 38.5 Å². The van der Waals surface area contributed by atoms with Crippen LogP contribution in [-0.2, 0) is 14.8 Å². The SMILES string of the molecule is CCCC(=O)Nc1ccc(Cl)c(NS(=O)(=O)c2c(C)noc2C)c1. The Kier molecular flexibility index (Phi) is 5.51. The van der Waals surface area contributed by atoms with E-state index in [1.807, 2.05) is 6.92 Å². The second kappa shape index (κ2) is 7.23. The van der Waals surface area contributed by atoms with E-state index < -0.39 is 10.0 Å². The number of amides is 1. The van der Waals surface area contributed by atoms with Crippen LogP contribution in [0.2, 0.25) is 5.02 Å². The summed E-state index contributed by atoms with van der Waals surface area (Å²) in [4.78, 5) is 11.6. The maximum atomic E-state index is 12.5. The third-order valence-corrected chi connectivity index (χ3v) is 5.15. The van der Waals surface area contributed by atoms with Crippen LogP contribution in [-0.4, -0.2) is 19.5 Å². The van der Waals surface area contributed by atoms with Crippen LogP contribution in [0.1, 0.15) is 31.2 Å². The first-order chi connectivity index (χ1) is 11.2. The monoisotopic (exact) mass is 371 g/mol. The van der Waals surface area contributed by atoms with Crippen molar-refractivity contribution in [1.82, 2.24) is 5.16 Å². The maximum Gasteiger partial charge on any atom is 0.267 e. The minimum absolute atomic E-state index is 0.0287. The molecular weight excluding hydrogens is 354 g/mol. The fraction of sp³-hybridized carbons (Fsp3) is 0.333. The number of hydrogen-bond acceptors (Lipinski definition) is 5. The summed E-state index contributed by atoms with van der Waals surface area (Å²) in [6.07, 6.45) is 1.09. The Labute approximate surface area is 145 Å². The Morgan fingerprint density at radius 1 is 1.33 bits per heavy atom. The first-order valence-corrected chi connectivity index (χ1v) is 9.15. The first kappa shape index (κ1) is 18.3. The molecule has 0 fully saturated rings. The van der Waals surface area contributed by atoms with E-state index in [1.165, 1.54) is 26.0 Å². The smallest absolute Gasteiger partial charge is 0.267 e. The lowest BCUT2D eigenvalue weighted by molar-refractivity contribution is -0.116. The van der Waals surface area contributed by atoms with Gasteiger partial charge in [0, 0.05) is 12.1 Å². The van der Waals surface area contributed by atoms with Crippen molar-refractivity contribution in [3.63, 3.8) is 0 Å². The van der Waals surface area contributed by atoms with Crippen molar-refractivity contribution in [2.75, 3.05) is 10.0 Å². The Bertz CT molecular complexity index is 842. The minimum atomic E-state index is -3.91. The normalized spacial score (nSPS) is 11.3. The molecule has 0 saturated heterocycles. The highest BCUT2D eigenvalue weighted by Crippen LogP contribution is 2.29. The highest BCUT2D eigenvalue weighted by molar-refractivity contribution is 7.92. The number of anilines is 2. The summed E-state index contributed by atoms with van der Waals surface area (Å²) in [5.41, 5.74) is 0.865. The zero-order valence-electron chi connectivity index (χ0n) is 13.5. The van der Waals surface area contributed by atoms with Gasteiger partial charge in [-0.3, -0.25) is 9.52 Å². The number of nitrogens with one attached hydrogen (secondary N) is 2. The molecule has 0 radical (unpaired) electrons. The molecule has 2 aromatic rings. The third-order valence-electron chi connectivity index (χ3n) is 3.21. The second-order valence-electron chi connectivity index (χ2n) is 5.25. The number of hydrogen-bond donors (Lipinski definition) is 2. The first-order valence-electron chi connectivity index (χ1n) is 7.29. The molecule has 2 N–H and O–H groups in total. The summed E-state index contributed by atoms with van der Waals surface area (Å²) >= 11 is 6.06. The highest BCUT2D eigenvalue weighted by atomic mass is 35.5. The average molecular weight is 372 g/mol. The van der Waals surface area contributed by atoms with Gasteiger partial charge in [-0.2, -0.15) is 0 Å². The molecule has 9 heteroatoms. The van der Waals surface area contributed by atoms with Crippen LogP contribution >= 0.6 is 11.6 Å². The Hall–Kier alpha value is -2.06. The lowest BCUT2D eigenvalue weighted by Gasteiger charge is -2.11. The van der Waals surface area contributed by atoms with Crippen LogP contribution in [0.5, 0.6) is 0 Å². The molecule has 0 saturated carbocycles. The summed E-state index contributed by atoms with van der Waals surface area (Å²) < 4.78 is 32.4. The van der Waals surface area contributed by atoms with E-state index in [1.54, 1.807) is 6.07 Å². The number of rotatable bonds is 6. The molecule has 1 aromatic carbocycles. The molecule has 1 heterocycles. The Morgan fingerprint density at radius 2 is 2.04 bits per heavy atom. The van der Waals surface area contributed by atoms with E-state index in [0.717, 1.165) is 0 Å². The van der Waals surface area contributed by atoms with Gasteiger partial charge in [-0.1, -0.05) is 23.7 Å². The molecule has 2 rings (SSSR count). The number of benzene rings is 1. The molecule has 1 amide bonds. The molecule has 1 aromatic heterocycles. The van der Waals surface area contributed by atoms with E-state index in [4.69, 9.17) is 16.1 Å².